The summed E-state index contributed by atoms with van der Waals surface area (Å²) in [5, 5.41) is 23.4. The van der Waals surface area contributed by atoms with E-state index in [2.05, 4.69) is 43.5 Å². The summed E-state index contributed by atoms with van der Waals surface area (Å²) >= 11 is 0. The second kappa shape index (κ2) is 62.9. The molecule has 0 saturated carbocycles. The van der Waals surface area contributed by atoms with E-state index in [1.54, 1.807) is 0 Å². The fraction of sp³-hybridized carbons (Fsp3) is 0.910. The van der Waals surface area contributed by atoms with Crippen molar-refractivity contribution in [1.82, 2.24) is 5.32 Å². The smallest absolute Gasteiger partial charge is 0.305 e. The van der Waals surface area contributed by atoms with E-state index in [1.807, 2.05) is 0 Å². The molecule has 2 atom stereocenters. The van der Waals surface area contributed by atoms with Crippen LogP contribution in [0.1, 0.15) is 367 Å². The van der Waals surface area contributed by atoms with E-state index in [0.29, 0.717) is 25.9 Å². The zero-order valence-electron chi connectivity index (χ0n) is 49.4. The van der Waals surface area contributed by atoms with Crippen LogP contribution in [0.4, 0.5) is 0 Å². The van der Waals surface area contributed by atoms with Crippen LogP contribution in [0.15, 0.2) is 24.3 Å². The van der Waals surface area contributed by atoms with Gasteiger partial charge in [-0.2, -0.15) is 0 Å². The summed E-state index contributed by atoms with van der Waals surface area (Å²) in [6.07, 6.45) is 77.7. The van der Waals surface area contributed by atoms with Gasteiger partial charge in [-0.1, -0.05) is 321 Å². The number of amides is 1. The highest BCUT2D eigenvalue weighted by molar-refractivity contribution is 5.76. The molecule has 0 bridgehead atoms. The van der Waals surface area contributed by atoms with Gasteiger partial charge >= 0.3 is 5.97 Å². The SMILES string of the molecule is CCCCC/C=C\C/C=C\CCCCCCCCCC(=O)OCCCCCCCCCCCCCCCCCCCCCCCC(=O)NC(CO)C(O)CCCCCCCCCCCCCCCCCCCC. The molecule has 0 saturated heterocycles. The van der Waals surface area contributed by atoms with Crippen LogP contribution < -0.4 is 5.32 Å². The minimum atomic E-state index is -0.665. The molecule has 2 unspecified atom stereocenters. The first kappa shape index (κ1) is 71.3. The van der Waals surface area contributed by atoms with Crippen LogP contribution in [0.3, 0.4) is 0 Å². The average molecular weight is 1030 g/mol. The second-order valence-electron chi connectivity index (χ2n) is 22.8. The number of aliphatic hydroxyl groups excluding tert-OH is 2. The van der Waals surface area contributed by atoms with Crippen molar-refractivity contribution in [2.75, 3.05) is 13.2 Å². The van der Waals surface area contributed by atoms with Gasteiger partial charge in [-0.25, -0.2) is 0 Å². The normalized spacial score (nSPS) is 12.7. The Bertz CT molecular complexity index is 1140. The molecule has 6 nitrogen and oxygen atoms in total. The van der Waals surface area contributed by atoms with Crippen molar-refractivity contribution in [3.8, 4) is 0 Å². The van der Waals surface area contributed by atoms with E-state index in [4.69, 9.17) is 4.74 Å². The number of hydrogen-bond acceptors (Lipinski definition) is 5. The van der Waals surface area contributed by atoms with Gasteiger partial charge in [0.15, 0.2) is 0 Å². The predicted molar refractivity (Wildman–Crippen MR) is 320 cm³/mol. The van der Waals surface area contributed by atoms with E-state index in [-0.39, 0.29) is 18.5 Å². The van der Waals surface area contributed by atoms with Crippen LogP contribution in [0, 0.1) is 0 Å². The van der Waals surface area contributed by atoms with Gasteiger partial charge in [0.1, 0.15) is 0 Å². The van der Waals surface area contributed by atoms with Gasteiger partial charge in [0.05, 0.1) is 25.4 Å². The molecule has 432 valence electrons. The van der Waals surface area contributed by atoms with E-state index in [9.17, 15) is 19.8 Å². The summed E-state index contributed by atoms with van der Waals surface area (Å²) in [7, 11) is 0. The Labute approximate surface area is 456 Å². The highest BCUT2D eigenvalue weighted by Crippen LogP contribution is 2.18. The maximum atomic E-state index is 12.5. The Morgan fingerprint density at radius 1 is 0.384 bits per heavy atom. The van der Waals surface area contributed by atoms with Gasteiger partial charge < -0.3 is 20.3 Å². The lowest BCUT2D eigenvalue weighted by atomic mass is 10.0. The fourth-order valence-electron chi connectivity index (χ4n) is 10.4. The quantitative estimate of drug-likeness (QED) is 0.0320. The molecule has 0 aliphatic carbocycles. The van der Waals surface area contributed by atoms with Crippen LogP contribution >= 0.6 is 0 Å². The lowest BCUT2D eigenvalue weighted by molar-refractivity contribution is -0.143. The number of unbranched alkanes of at least 4 members (excludes halogenated alkanes) is 47. The summed E-state index contributed by atoms with van der Waals surface area (Å²) in [5.74, 6) is -0.0277. The van der Waals surface area contributed by atoms with E-state index in [0.717, 1.165) is 51.4 Å². The van der Waals surface area contributed by atoms with Crippen LogP contribution in [-0.2, 0) is 14.3 Å². The van der Waals surface area contributed by atoms with Gasteiger partial charge in [-0.15, -0.1) is 0 Å². The number of aliphatic hydroxyl groups is 2. The van der Waals surface area contributed by atoms with E-state index < -0.39 is 12.1 Å². The number of carbonyl (C=O) groups is 2. The Morgan fingerprint density at radius 3 is 1.07 bits per heavy atom. The molecule has 6 heteroatoms. The fourth-order valence-corrected chi connectivity index (χ4v) is 10.4. The molecule has 0 spiro atoms. The molecule has 0 aromatic rings. The summed E-state index contributed by atoms with van der Waals surface area (Å²) in [4.78, 5) is 24.6. The minimum Gasteiger partial charge on any atom is -0.466 e. The predicted octanol–water partition coefficient (Wildman–Crippen LogP) is 21.0. The lowest BCUT2D eigenvalue weighted by Gasteiger charge is -2.22. The molecule has 0 heterocycles. The molecular formula is C67H129NO5. The molecule has 0 rings (SSSR count). The number of ether oxygens (including phenoxy) is 1. The highest BCUT2D eigenvalue weighted by atomic mass is 16.5. The van der Waals surface area contributed by atoms with Crippen LogP contribution in [0.2, 0.25) is 0 Å². The zero-order chi connectivity index (χ0) is 52.9. The van der Waals surface area contributed by atoms with Crippen molar-refractivity contribution in [3.63, 3.8) is 0 Å². The third-order valence-corrected chi connectivity index (χ3v) is 15.5. The first-order valence-electron chi connectivity index (χ1n) is 33.1. The summed E-state index contributed by atoms with van der Waals surface area (Å²) in [6, 6.07) is -0.543. The average Bonchev–Trinajstić information content (AvgIpc) is 3.39. The first-order chi connectivity index (χ1) is 36.0. The molecule has 3 N–H and O–H groups in total. The topological polar surface area (TPSA) is 95.9 Å². The molecule has 0 aromatic heterocycles. The standard InChI is InChI=1S/C67H129NO5/c1-3-5-7-9-11-13-15-17-19-21-28-31-35-39-43-47-51-55-59-65(70)64(63-69)68-66(71)60-56-52-48-44-40-36-32-29-25-23-22-24-26-30-34-38-42-46-50-54-58-62-73-67(72)61-57-53-49-45-41-37-33-27-20-18-16-14-12-10-8-6-4-2/h12,14,18,20,64-65,69-70H,3-11,13,15-17,19,21-63H2,1-2H3,(H,68,71)/b14-12-,20-18-. The number of carbonyl (C=O) groups excluding carboxylic acids is 2. The van der Waals surface area contributed by atoms with Crippen molar-refractivity contribution in [2.45, 2.75) is 379 Å². The molecule has 0 aromatic carbocycles. The van der Waals surface area contributed by atoms with E-state index in [1.165, 1.54) is 283 Å². The number of allylic oxidation sites excluding steroid dienone is 4. The first-order valence-corrected chi connectivity index (χ1v) is 33.1. The molecule has 73 heavy (non-hydrogen) atoms. The van der Waals surface area contributed by atoms with Crippen molar-refractivity contribution in [3.05, 3.63) is 24.3 Å². The van der Waals surface area contributed by atoms with Crippen molar-refractivity contribution < 1.29 is 24.5 Å². The van der Waals surface area contributed by atoms with Crippen molar-refractivity contribution in [2.24, 2.45) is 0 Å². The molecule has 0 aliphatic heterocycles. The summed E-state index contributed by atoms with van der Waals surface area (Å²) in [6.45, 7) is 4.95. The van der Waals surface area contributed by atoms with Gasteiger partial charge in [-0.3, -0.25) is 9.59 Å². The van der Waals surface area contributed by atoms with Gasteiger partial charge in [-0.05, 0) is 57.8 Å². The third-order valence-electron chi connectivity index (χ3n) is 15.5. The third kappa shape index (κ3) is 59.4. The Balaban J connectivity index is 3.38. The maximum absolute atomic E-state index is 12.5. The second-order valence-corrected chi connectivity index (χ2v) is 22.8. The van der Waals surface area contributed by atoms with Crippen molar-refractivity contribution in [1.29, 1.82) is 0 Å². The van der Waals surface area contributed by atoms with E-state index >= 15 is 0 Å². The number of rotatable bonds is 62. The summed E-state index contributed by atoms with van der Waals surface area (Å²) in [5.41, 5.74) is 0. The lowest BCUT2D eigenvalue weighted by Crippen LogP contribution is -2.45. The van der Waals surface area contributed by atoms with Crippen LogP contribution in [0.5, 0.6) is 0 Å². The largest absolute Gasteiger partial charge is 0.466 e. The molecule has 1 amide bonds. The summed E-state index contributed by atoms with van der Waals surface area (Å²) < 4.78 is 5.49. The number of esters is 1. The Hall–Kier alpha value is -1.66. The maximum Gasteiger partial charge on any atom is 0.305 e. The number of hydrogen-bond donors (Lipinski definition) is 3. The monoisotopic (exact) mass is 1030 g/mol. The highest BCUT2D eigenvalue weighted by Gasteiger charge is 2.20. The molecule has 0 aliphatic rings. The van der Waals surface area contributed by atoms with Gasteiger partial charge in [0.2, 0.25) is 5.91 Å². The molecular weight excluding hydrogens is 899 g/mol. The van der Waals surface area contributed by atoms with Crippen LogP contribution in [0.25, 0.3) is 0 Å². The van der Waals surface area contributed by atoms with Gasteiger partial charge in [0.25, 0.3) is 0 Å². The van der Waals surface area contributed by atoms with Gasteiger partial charge in [0, 0.05) is 12.8 Å². The minimum absolute atomic E-state index is 0.00503. The van der Waals surface area contributed by atoms with Crippen molar-refractivity contribution >= 4 is 11.9 Å². The molecule has 0 fully saturated rings. The zero-order valence-corrected chi connectivity index (χ0v) is 49.4. The molecule has 0 radical (unpaired) electrons. The Kier molecular flexibility index (Phi) is 61.4. The number of nitrogens with one attached hydrogen (secondary N) is 1. The van der Waals surface area contributed by atoms with Crippen LogP contribution in [-0.4, -0.2) is 47.4 Å². The Morgan fingerprint density at radius 2 is 0.685 bits per heavy atom.